The van der Waals surface area contributed by atoms with Crippen LogP contribution in [0.4, 0.5) is 5.69 Å². The molecule has 110 valence electrons. The number of hydrogen-bond donors (Lipinski definition) is 1. The molecule has 1 aliphatic rings. The smallest absolute Gasteiger partial charge is 0.288 e. The van der Waals surface area contributed by atoms with Gasteiger partial charge in [-0.1, -0.05) is 39.0 Å². The molecule has 0 spiro atoms. The lowest BCUT2D eigenvalue weighted by molar-refractivity contribution is -0.532. The van der Waals surface area contributed by atoms with Crippen molar-refractivity contribution in [3.05, 3.63) is 30.3 Å². The highest BCUT2D eigenvalue weighted by molar-refractivity contribution is 5.65. The molecule has 0 fully saturated rings. The van der Waals surface area contributed by atoms with Crippen LogP contribution in [-0.4, -0.2) is 36.7 Å². The number of nitrogens with zero attached hydrogens (tertiary/aromatic N) is 2. The van der Waals surface area contributed by atoms with Crippen molar-refractivity contribution in [2.24, 2.45) is 5.41 Å². The zero-order valence-electron chi connectivity index (χ0n) is 13.4. The van der Waals surface area contributed by atoms with Gasteiger partial charge in [-0.2, -0.15) is 0 Å². The fraction of sp³-hybridized carbons (Fsp3) is 0.588. The zero-order chi connectivity index (χ0) is 14.8. The summed E-state index contributed by atoms with van der Waals surface area (Å²) in [4.78, 5) is 2.40. The first-order chi connectivity index (χ1) is 9.37. The molecule has 1 unspecified atom stereocenters. The lowest BCUT2D eigenvalue weighted by Gasteiger charge is -2.29. The fourth-order valence-electron chi connectivity index (χ4n) is 2.94. The Kier molecular flexibility index (Phi) is 4.48. The van der Waals surface area contributed by atoms with Gasteiger partial charge < -0.3 is 0 Å². The van der Waals surface area contributed by atoms with Gasteiger partial charge in [-0.05, 0) is 30.9 Å². The van der Waals surface area contributed by atoms with Crippen molar-refractivity contribution in [1.29, 1.82) is 0 Å². The number of hydrogen-bond acceptors (Lipinski definition) is 2. The van der Waals surface area contributed by atoms with E-state index >= 15 is 0 Å². The zero-order valence-corrected chi connectivity index (χ0v) is 13.4. The number of benzene rings is 1. The molecule has 3 heteroatoms. The maximum Gasteiger partial charge on any atom is 0.288 e. The third-order valence-electron chi connectivity index (χ3n) is 3.69. The quantitative estimate of drug-likeness (QED) is 0.851. The van der Waals surface area contributed by atoms with E-state index in [2.05, 4.69) is 86.1 Å². The van der Waals surface area contributed by atoms with Crippen LogP contribution in [0.1, 0.15) is 34.1 Å². The number of para-hydroxylation sites is 1. The Labute approximate surface area is 123 Å². The van der Waals surface area contributed by atoms with Crippen LogP contribution in [0.2, 0.25) is 0 Å². The molecule has 0 radical (unpaired) electrons. The molecule has 0 amide bonds. The molecule has 0 bridgehead atoms. The third-order valence-corrected chi connectivity index (χ3v) is 3.69. The van der Waals surface area contributed by atoms with Crippen molar-refractivity contribution in [1.82, 2.24) is 5.32 Å². The molecule has 1 aromatic carbocycles. The first kappa shape index (κ1) is 15.0. The Morgan fingerprint density at radius 3 is 2.55 bits per heavy atom. The molecule has 20 heavy (non-hydrogen) atoms. The summed E-state index contributed by atoms with van der Waals surface area (Å²) in [5.74, 6) is 0. The highest BCUT2D eigenvalue weighted by Gasteiger charge is 2.33. The van der Waals surface area contributed by atoms with Gasteiger partial charge in [-0.15, -0.1) is 0 Å². The second kappa shape index (κ2) is 5.96. The molecule has 0 saturated heterocycles. The summed E-state index contributed by atoms with van der Waals surface area (Å²) in [6.45, 7) is 10.1. The highest BCUT2D eigenvalue weighted by Crippen LogP contribution is 2.22. The third kappa shape index (κ3) is 3.83. The Bertz CT molecular complexity index is 459. The Morgan fingerprint density at radius 1 is 1.30 bits per heavy atom. The monoisotopic (exact) mass is 274 g/mol. The maximum atomic E-state index is 3.75. The van der Waals surface area contributed by atoms with Crippen LogP contribution in [0.15, 0.2) is 30.3 Å². The second-order valence-electron chi connectivity index (χ2n) is 7.04. The SMILES string of the molecule is C[C@H](CC(C)(C)C)NC1N(c2ccccc2)CC=[N+]1C. The van der Waals surface area contributed by atoms with E-state index in [1.807, 2.05) is 0 Å². The minimum atomic E-state index is 0.245. The largest absolute Gasteiger partial charge is 0.291 e. The van der Waals surface area contributed by atoms with E-state index in [1.165, 1.54) is 12.1 Å². The summed E-state index contributed by atoms with van der Waals surface area (Å²) >= 11 is 0. The number of anilines is 1. The fourth-order valence-corrected chi connectivity index (χ4v) is 2.94. The van der Waals surface area contributed by atoms with Gasteiger partial charge in [0.2, 0.25) is 0 Å². The molecule has 3 nitrogen and oxygen atoms in total. The molecular weight excluding hydrogens is 246 g/mol. The van der Waals surface area contributed by atoms with E-state index < -0.39 is 0 Å². The van der Waals surface area contributed by atoms with E-state index in [9.17, 15) is 0 Å². The lowest BCUT2D eigenvalue weighted by Crippen LogP contribution is -2.51. The van der Waals surface area contributed by atoms with Crippen molar-refractivity contribution < 1.29 is 4.58 Å². The van der Waals surface area contributed by atoms with E-state index in [4.69, 9.17) is 0 Å². The summed E-state index contributed by atoms with van der Waals surface area (Å²) in [7, 11) is 2.14. The first-order valence-electron chi connectivity index (χ1n) is 7.50. The van der Waals surface area contributed by atoms with Crippen LogP contribution < -0.4 is 10.2 Å². The van der Waals surface area contributed by atoms with Crippen molar-refractivity contribution in [2.45, 2.75) is 46.4 Å². The maximum absolute atomic E-state index is 3.75. The predicted molar refractivity (Wildman–Crippen MR) is 86.5 cm³/mol. The minimum absolute atomic E-state index is 0.245. The second-order valence-corrected chi connectivity index (χ2v) is 7.04. The molecule has 0 aromatic heterocycles. The first-order valence-corrected chi connectivity index (χ1v) is 7.50. The predicted octanol–water partition coefficient (Wildman–Crippen LogP) is 2.92. The van der Waals surface area contributed by atoms with Gasteiger partial charge in [0, 0.05) is 11.7 Å². The number of nitrogens with one attached hydrogen (secondary N) is 1. The Hall–Kier alpha value is -1.35. The van der Waals surface area contributed by atoms with E-state index in [0.29, 0.717) is 11.5 Å². The summed E-state index contributed by atoms with van der Waals surface area (Å²) in [6, 6.07) is 11.1. The lowest BCUT2D eigenvalue weighted by atomic mass is 9.89. The standard InChI is InChI=1S/C17H28N3/c1-14(13-17(2,3)4)18-16-19(5)11-12-20(16)15-9-7-6-8-10-15/h6-11,14,16,18H,12-13H2,1-5H3/q+1/t14-,16?/m1/s1. The molecule has 2 atom stereocenters. The van der Waals surface area contributed by atoms with Gasteiger partial charge >= 0.3 is 0 Å². The van der Waals surface area contributed by atoms with E-state index in [-0.39, 0.29) is 6.29 Å². The summed E-state index contributed by atoms with van der Waals surface area (Å²) < 4.78 is 2.27. The van der Waals surface area contributed by atoms with Gasteiger partial charge in [0.25, 0.3) is 6.29 Å². The molecule has 1 aromatic rings. The van der Waals surface area contributed by atoms with Crippen molar-refractivity contribution in [3.63, 3.8) is 0 Å². The van der Waals surface area contributed by atoms with Crippen LogP contribution in [0, 0.1) is 5.41 Å². The molecular formula is C17H28N3+. The average Bonchev–Trinajstić information content (AvgIpc) is 2.70. The van der Waals surface area contributed by atoms with Crippen molar-refractivity contribution >= 4 is 11.9 Å². The van der Waals surface area contributed by atoms with E-state index in [1.54, 1.807) is 0 Å². The summed E-state index contributed by atoms with van der Waals surface area (Å²) in [5.41, 5.74) is 1.62. The van der Waals surface area contributed by atoms with Gasteiger partial charge in [-0.3, -0.25) is 4.90 Å². The Morgan fingerprint density at radius 2 is 1.95 bits per heavy atom. The normalized spacial score (nSPS) is 20.9. The van der Waals surface area contributed by atoms with E-state index in [0.717, 1.165) is 6.54 Å². The molecule has 0 saturated carbocycles. The highest BCUT2D eigenvalue weighted by atomic mass is 15.4. The average molecular weight is 274 g/mol. The molecule has 1 aliphatic heterocycles. The summed E-state index contributed by atoms with van der Waals surface area (Å²) in [6.07, 6.45) is 3.66. The van der Waals surface area contributed by atoms with Crippen LogP contribution in [0.5, 0.6) is 0 Å². The van der Waals surface area contributed by atoms with Crippen LogP contribution >= 0.6 is 0 Å². The number of rotatable bonds is 4. The van der Waals surface area contributed by atoms with Crippen LogP contribution in [0.25, 0.3) is 0 Å². The molecule has 1 N–H and O–H groups in total. The van der Waals surface area contributed by atoms with Gasteiger partial charge in [0.05, 0.1) is 0 Å². The van der Waals surface area contributed by atoms with Gasteiger partial charge in [0.15, 0.2) is 6.21 Å². The van der Waals surface area contributed by atoms with Gasteiger partial charge in [-0.25, -0.2) is 9.89 Å². The van der Waals surface area contributed by atoms with Crippen molar-refractivity contribution in [2.75, 3.05) is 18.5 Å². The van der Waals surface area contributed by atoms with Crippen molar-refractivity contribution in [3.8, 4) is 0 Å². The topological polar surface area (TPSA) is 18.3 Å². The minimum Gasteiger partial charge on any atom is -0.291 e. The molecule has 0 aliphatic carbocycles. The molecule has 2 rings (SSSR count). The van der Waals surface area contributed by atoms with Crippen LogP contribution in [-0.2, 0) is 0 Å². The van der Waals surface area contributed by atoms with Crippen LogP contribution in [0.3, 0.4) is 0 Å². The Balaban J connectivity index is 2.06. The molecule has 1 heterocycles. The summed E-state index contributed by atoms with van der Waals surface area (Å²) in [5, 5.41) is 3.75. The van der Waals surface area contributed by atoms with Gasteiger partial charge in [0.1, 0.15) is 13.6 Å².